The summed E-state index contributed by atoms with van der Waals surface area (Å²) < 4.78 is 39.8. The lowest BCUT2D eigenvalue weighted by Crippen LogP contribution is -2.21. The van der Waals surface area contributed by atoms with E-state index in [1.165, 1.54) is 18.3 Å². The Labute approximate surface area is 126 Å². The number of aromatic nitrogens is 2. The number of nitrogens with two attached hydrogens (primary N) is 1. The highest BCUT2D eigenvalue weighted by atomic mass is 19.4. The number of aromatic amines is 1. The zero-order valence-electron chi connectivity index (χ0n) is 11.5. The van der Waals surface area contributed by atoms with Gasteiger partial charge in [-0.2, -0.15) is 13.2 Å². The monoisotopic (exact) mass is 321 g/mol. The summed E-state index contributed by atoms with van der Waals surface area (Å²) in [4.78, 5) is 26.0. The third kappa shape index (κ3) is 2.59. The molecule has 0 amide bonds. The first-order valence-electron chi connectivity index (χ1n) is 6.49. The summed E-state index contributed by atoms with van der Waals surface area (Å²) in [6.45, 7) is 0. The molecule has 0 aliphatic heterocycles. The summed E-state index contributed by atoms with van der Waals surface area (Å²) in [5.41, 5.74) is 3.92. The van der Waals surface area contributed by atoms with E-state index in [2.05, 4.69) is 4.98 Å². The molecule has 2 aromatic heterocycles. The number of hydrogen-bond acceptors (Lipinski definition) is 3. The number of nitrogens with zero attached hydrogens (tertiary/aromatic N) is 1. The molecule has 0 fully saturated rings. The maximum absolute atomic E-state index is 12.9. The van der Waals surface area contributed by atoms with Gasteiger partial charge in [0.2, 0.25) is 5.56 Å². The van der Waals surface area contributed by atoms with Gasteiger partial charge < -0.3 is 10.7 Å². The molecule has 118 valence electrons. The van der Waals surface area contributed by atoms with Gasteiger partial charge in [-0.15, -0.1) is 0 Å². The van der Waals surface area contributed by atoms with Crippen molar-refractivity contribution in [2.45, 2.75) is 6.18 Å². The van der Waals surface area contributed by atoms with Crippen molar-refractivity contribution >= 4 is 16.6 Å². The quantitative estimate of drug-likeness (QED) is 0.721. The van der Waals surface area contributed by atoms with E-state index in [9.17, 15) is 22.8 Å². The molecule has 8 heteroatoms. The number of hydrogen-bond donors (Lipinski definition) is 2. The van der Waals surface area contributed by atoms with Crippen molar-refractivity contribution in [3.05, 3.63) is 68.9 Å². The largest absolute Gasteiger partial charge is 0.416 e. The van der Waals surface area contributed by atoms with Crippen molar-refractivity contribution in [3.63, 3.8) is 0 Å². The van der Waals surface area contributed by atoms with Gasteiger partial charge in [0.1, 0.15) is 0 Å². The summed E-state index contributed by atoms with van der Waals surface area (Å²) in [7, 11) is 0. The van der Waals surface area contributed by atoms with E-state index >= 15 is 0 Å². The van der Waals surface area contributed by atoms with Crippen LogP contribution in [0.2, 0.25) is 0 Å². The number of pyridine rings is 2. The third-order valence-electron chi connectivity index (χ3n) is 3.39. The van der Waals surface area contributed by atoms with Gasteiger partial charge in [0.05, 0.1) is 16.8 Å². The number of nitrogen functional groups attached to an aromatic ring is 1. The predicted octanol–water partition coefficient (Wildman–Crippen LogP) is 2.28. The smallest absolute Gasteiger partial charge is 0.398 e. The van der Waals surface area contributed by atoms with E-state index in [0.717, 1.165) is 28.8 Å². The molecule has 3 rings (SSSR count). The lowest BCUT2D eigenvalue weighted by atomic mass is 10.1. The molecular weight excluding hydrogens is 311 g/mol. The van der Waals surface area contributed by atoms with Crippen molar-refractivity contribution in [2.75, 3.05) is 5.73 Å². The van der Waals surface area contributed by atoms with Crippen molar-refractivity contribution in [3.8, 4) is 5.69 Å². The first-order chi connectivity index (χ1) is 10.8. The van der Waals surface area contributed by atoms with Crippen molar-refractivity contribution < 1.29 is 13.2 Å². The molecule has 0 radical (unpaired) electrons. The second kappa shape index (κ2) is 5.01. The molecule has 0 saturated heterocycles. The average Bonchev–Trinajstić information content (AvgIpc) is 2.46. The lowest BCUT2D eigenvalue weighted by molar-refractivity contribution is -0.137. The summed E-state index contributed by atoms with van der Waals surface area (Å²) in [6, 6.07) is 6.59. The predicted molar refractivity (Wildman–Crippen MR) is 79.6 cm³/mol. The maximum Gasteiger partial charge on any atom is 0.416 e. The van der Waals surface area contributed by atoms with Crippen LogP contribution in [0.4, 0.5) is 18.9 Å². The van der Waals surface area contributed by atoms with E-state index in [4.69, 9.17) is 5.73 Å². The van der Waals surface area contributed by atoms with Gasteiger partial charge in [0.25, 0.3) is 5.56 Å². The molecule has 0 bridgehead atoms. The molecule has 0 aliphatic rings. The van der Waals surface area contributed by atoms with Gasteiger partial charge in [0, 0.05) is 29.4 Å². The molecule has 1 aromatic carbocycles. The summed E-state index contributed by atoms with van der Waals surface area (Å²) in [6.07, 6.45) is -3.26. The molecular formula is C15H10F3N3O2. The fourth-order valence-electron chi connectivity index (χ4n) is 2.37. The third-order valence-corrected chi connectivity index (χ3v) is 3.39. The van der Waals surface area contributed by atoms with Crippen LogP contribution < -0.4 is 16.9 Å². The Bertz CT molecular complexity index is 1020. The summed E-state index contributed by atoms with van der Waals surface area (Å²) >= 11 is 0. The van der Waals surface area contributed by atoms with Crippen LogP contribution in [0.3, 0.4) is 0 Å². The molecule has 3 N–H and O–H groups in total. The number of anilines is 1. The fraction of sp³-hybridized carbons (Fsp3) is 0.0667. The minimum absolute atomic E-state index is 0.0181. The van der Waals surface area contributed by atoms with E-state index in [0.29, 0.717) is 0 Å². The molecule has 23 heavy (non-hydrogen) atoms. The Morgan fingerprint density at radius 3 is 2.43 bits per heavy atom. The van der Waals surface area contributed by atoms with E-state index in [1.54, 1.807) is 0 Å². The van der Waals surface area contributed by atoms with Crippen molar-refractivity contribution in [1.29, 1.82) is 0 Å². The van der Waals surface area contributed by atoms with Gasteiger partial charge in [0.15, 0.2) is 0 Å². The Morgan fingerprint density at radius 1 is 1.04 bits per heavy atom. The van der Waals surface area contributed by atoms with Crippen molar-refractivity contribution in [2.24, 2.45) is 0 Å². The molecule has 0 unspecified atom stereocenters. The Balaban J connectivity index is 2.45. The van der Waals surface area contributed by atoms with Gasteiger partial charge in [-0.1, -0.05) is 6.07 Å². The highest BCUT2D eigenvalue weighted by molar-refractivity contribution is 5.91. The Morgan fingerprint density at radius 2 is 1.78 bits per heavy atom. The van der Waals surface area contributed by atoms with Gasteiger partial charge in [-0.25, -0.2) is 0 Å². The SMILES string of the molecule is Nc1cc(=O)n(-c2cc[nH]c(=O)c2)c2cc(C(F)(F)F)ccc12. The lowest BCUT2D eigenvalue weighted by Gasteiger charge is -2.14. The molecule has 3 aromatic rings. The van der Waals surface area contributed by atoms with Crippen LogP contribution in [0.1, 0.15) is 5.56 Å². The molecule has 0 saturated carbocycles. The van der Waals surface area contributed by atoms with Crippen LogP contribution in [0, 0.1) is 0 Å². The average molecular weight is 321 g/mol. The molecule has 0 atom stereocenters. The first-order valence-corrected chi connectivity index (χ1v) is 6.49. The summed E-state index contributed by atoms with van der Waals surface area (Å²) in [5.74, 6) is 0. The highest BCUT2D eigenvalue weighted by Gasteiger charge is 2.31. The summed E-state index contributed by atoms with van der Waals surface area (Å²) in [5, 5.41) is 0.290. The second-order valence-electron chi connectivity index (χ2n) is 4.91. The highest BCUT2D eigenvalue weighted by Crippen LogP contribution is 2.32. The minimum Gasteiger partial charge on any atom is -0.398 e. The Kier molecular flexibility index (Phi) is 3.24. The minimum atomic E-state index is -4.56. The van der Waals surface area contributed by atoms with Crippen LogP contribution in [0.25, 0.3) is 16.6 Å². The molecule has 5 nitrogen and oxygen atoms in total. The number of halogens is 3. The molecule has 0 aliphatic carbocycles. The van der Waals surface area contributed by atoms with Crippen LogP contribution in [-0.4, -0.2) is 9.55 Å². The Hall–Kier alpha value is -3.03. The number of benzene rings is 1. The topological polar surface area (TPSA) is 80.9 Å². The zero-order valence-corrected chi connectivity index (χ0v) is 11.5. The second-order valence-corrected chi connectivity index (χ2v) is 4.91. The number of rotatable bonds is 1. The van der Waals surface area contributed by atoms with Crippen LogP contribution in [0.15, 0.2) is 52.2 Å². The normalized spacial score (nSPS) is 11.8. The van der Waals surface area contributed by atoms with Gasteiger partial charge >= 0.3 is 6.18 Å². The van der Waals surface area contributed by atoms with Crippen LogP contribution >= 0.6 is 0 Å². The molecule has 2 heterocycles. The number of H-pyrrole nitrogens is 1. The zero-order chi connectivity index (χ0) is 16.8. The van der Waals surface area contributed by atoms with Crippen molar-refractivity contribution in [1.82, 2.24) is 9.55 Å². The van der Waals surface area contributed by atoms with E-state index < -0.39 is 22.9 Å². The van der Waals surface area contributed by atoms with Gasteiger partial charge in [-0.05, 0) is 18.2 Å². The first kappa shape index (κ1) is 14.9. The van der Waals surface area contributed by atoms with E-state index in [-0.39, 0.29) is 22.3 Å². The van der Waals surface area contributed by atoms with Gasteiger partial charge in [-0.3, -0.25) is 14.2 Å². The fourth-order valence-corrected chi connectivity index (χ4v) is 2.37. The van der Waals surface area contributed by atoms with E-state index in [1.807, 2.05) is 0 Å². The standard InChI is InChI=1S/C15H10F3N3O2/c16-15(17,18)8-1-2-10-11(19)7-14(23)21(12(10)5-8)9-3-4-20-13(22)6-9/h1-7H,19H2,(H,20,22). The van der Waals surface area contributed by atoms with Crippen LogP contribution in [0.5, 0.6) is 0 Å². The maximum atomic E-state index is 12.9. The number of fused-ring (bicyclic) bond motifs is 1. The number of alkyl halides is 3. The molecule has 0 spiro atoms. The van der Waals surface area contributed by atoms with Crippen LogP contribution in [-0.2, 0) is 6.18 Å². The number of nitrogens with one attached hydrogen (secondary N) is 1.